The van der Waals surface area contributed by atoms with Crippen LogP contribution in [0.1, 0.15) is 25.5 Å². The van der Waals surface area contributed by atoms with Gasteiger partial charge in [-0.05, 0) is 24.3 Å². The Morgan fingerprint density at radius 2 is 2.33 bits per heavy atom. The summed E-state index contributed by atoms with van der Waals surface area (Å²) in [5, 5.41) is 10.2. The number of thioether (sulfide) groups is 1. The SMILES string of the molecule is CCSc1ccc([C@@H](C)O)cn1. The summed E-state index contributed by atoms with van der Waals surface area (Å²) in [5.74, 6) is 1.03. The summed E-state index contributed by atoms with van der Waals surface area (Å²) in [5.41, 5.74) is 0.871. The maximum absolute atomic E-state index is 9.20. The molecule has 1 heterocycles. The van der Waals surface area contributed by atoms with Gasteiger partial charge in [0.15, 0.2) is 0 Å². The molecule has 0 saturated heterocycles. The summed E-state index contributed by atoms with van der Waals surface area (Å²) in [4.78, 5) is 4.19. The zero-order chi connectivity index (χ0) is 8.97. The quantitative estimate of drug-likeness (QED) is 0.730. The summed E-state index contributed by atoms with van der Waals surface area (Å²) >= 11 is 1.70. The molecule has 1 aromatic rings. The molecule has 0 aliphatic rings. The van der Waals surface area contributed by atoms with Crippen molar-refractivity contribution in [1.29, 1.82) is 0 Å². The molecule has 0 aliphatic heterocycles. The molecule has 0 amide bonds. The smallest absolute Gasteiger partial charge is 0.0959 e. The standard InChI is InChI=1S/C9H13NOS/c1-3-12-9-5-4-8(6-10-9)7(2)11/h4-7,11H,3H2,1-2H3/t7-/m1/s1. The fraction of sp³-hybridized carbons (Fsp3) is 0.444. The number of aliphatic hydroxyl groups is 1. The van der Waals surface area contributed by atoms with Crippen molar-refractivity contribution < 1.29 is 5.11 Å². The van der Waals surface area contributed by atoms with E-state index in [1.165, 1.54) is 0 Å². The van der Waals surface area contributed by atoms with Crippen molar-refractivity contribution in [2.75, 3.05) is 5.75 Å². The summed E-state index contributed by atoms with van der Waals surface area (Å²) in [6.45, 7) is 3.83. The summed E-state index contributed by atoms with van der Waals surface area (Å²) in [6.07, 6.45) is 1.31. The van der Waals surface area contributed by atoms with Crippen molar-refractivity contribution in [2.45, 2.75) is 25.0 Å². The molecule has 0 fully saturated rings. The average molecular weight is 183 g/mol. The van der Waals surface area contributed by atoms with Gasteiger partial charge in [-0.25, -0.2) is 4.98 Å². The second kappa shape index (κ2) is 4.48. The highest BCUT2D eigenvalue weighted by Crippen LogP contribution is 2.17. The Bertz CT molecular complexity index is 233. The predicted octanol–water partition coefficient (Wildman–Crippen LogP) is 2.25. The first-order chi connectivity index (χ1) is 5.74. The van der Waals surface area contributed by atoms with Gasteiger partial charge in [0, 0.05) is 6.20 Å². The monoisotopic (exact) mass is 183 g/mol. The molecule has 0 aliphatic carbocycles. The minimum Gasteiger partial charge on any atom is -0.389 e. The number of pyridine rings is 1. The Morgan fingerprint density at radius 3 is 2.75 bits per heavy atom. The molecule has 0 saturated carbocycles. The van der Waals surface area contributed by atoms with Crippen LogP contribution in [0.15, 0.2) is 23.4 Å². The molecule has 0 unspecified atom stereocenters. The van der Waals surface area contributed by atoms with Gasteiger partial charge in [-0.15, -0.1) is 11.8 Å². The van der Waals surface area contributed by atoms with Crippen molar-refractivity contribution in [3.63, 3.8) is 0 Å². The highest BCUT2D eigenvalue weighted by atomic mass is 32.2. The molecule has 2 nitrogen and oxygen atoms in total. The summed E-state index contributed by atoms with van der Waals surface area (Å²) < 4.78 is 0. The number of hydrogen-bond acceptors (Lipinski definition) is 3. The van der Waals surface area contributed by atoms with Gasteiger partial charge in [0.1, 0.15) is 0 Å². The molecule has 12 heavy (non-hydrogen) atoms. The molecule has 0 spiro atoms. The van der Waals surface area contributed by atoms with E-state index in [-0.39, 0.29) is 0 Å². The van der Waals surface area contributed by atoms with Gasteiger partial charge in [0.2, 0.25) is 0 Å². The van der Waals surface area contributed by atoms with Gasteiger partial charge < -0.3 is 5.11 Å². The molecule has 0 radical (unpaired) electrons. The first kappa shape index (κ1) is 9.55. The van der Waals surface area contributed by atoms with Crippen LogP contribution < -0.4 is 0 Å². The Morgan fingerprint density at radius 1 is 1.58 bits per heavy atom. The van der Waals surface area contributed by atoms with Crippen LogP contribution in [0.5, 0.6) is 0 Å². The lowest BCUT2D eigenvalue weighted by molar-refractivity contribution is 0.198. The molecular weight excluding hydrogens is 170 g/mol. The van der Waals surface area contributed by atoms with Crippen LogP contribution in [0, 0.1) is 0 Å². The van der Waals surface area contributed by atoms with E-state index in [1.807, 2.05) is 12.1 Å². The van der Waals surface area contributed by atoms with Gasteiger partial charge >= 0.3 is 0 Å². The van der Waals surface area contributed by atoms with Crippen LogP contribution in [0.4, 0.5) is 0 Å². The minimum atomic E-state index is -0.418. The van der Waals surface area contributed by atoms with Crippen molar-refractivity contribution in [3.05, 3.63) is 23.9 Å². The van der Waals surface area contributed by atoms with E-state index in [0.717, 1.165) is 16.3 Å². The molecule has 66 valence electrons. The first-order valence-corrected chi connectivity index (χ1v) is 4.99. The number of aromatic nitrogens is 1. The lowest BCUT2D eigenvalue weighted by Crippen LogP contribution is -1.92. The first-order valence-electron chi connectivity index (χ1n) is 4.01. The van der Waals surface area contributed by atoms with Crippen molar-refractivity contribution >= 4 is 11.8 Å². The molecule has 3 heteroatoms. The van der Waals surface area contributed by atoms with Crippen LogP contribution in [0.3, 0.4) is 0 Å². The second-order valence-electron chi connectivity index (χ2n) is 2.54. The largest absolute Gasteiger partial charge is 0.389 e. The maximum Gasteiger partial charge on any atom is 0.0959 e. The Labute approximate surface area is 77.0 Å². The zero-order valence-corrected chi connectivity index (χ0v) is 8.14. The minimum absolute atomic E-state index is 0.418. The van der Waals surface area contributed by atoms with E-state index in [4.69, 9.17) is 0 Å². The van der Waals surface area contributed by atoms with Crippen molar-refractivity contribution in [1.82, 2.24) is 4.98 Å². The van der Waals surface area contributed by atoms with E-state index in [2.05, 4.69) is 11.9 Å². The van der Waals surface area contributed by atoms with Crippen LogP contribution in [0.2, 0.25) is 0 Å². The number of rotatable bonds is 3. The van der Waals surface area contributed by atoms with E-state index >= 15 is 0 Å². The highest BCUT2D eigenvalue weighted by Gasteiger charge is 2.00. The molecule has 1 atom stereocenters. The van der Waals surface area contributed by atoms with E-state index in [0.29, 0.717) is 0 Å². The van der Waals surface area contributed by atoms with E-state index in [9.17, 15) is 5.11 Å². The Hall–Kier alpha value is -0.540. The third kappa shape index (κ3) is 2.50. The normalized spacial score (nSPS) is 12.9. The number of nitrogens with zero attached hydrogens (tertiary/aromatic N) is 1. The van der Waals surface area contributed by atoms with Crippen LogP contribution >= 0.6 is 11.8 Å². The fourth-order valence-corrected chi connectivity index (χ4v) is 1.46. The Kier molecular flexibility index (Phi) is 3.56. The molecule has 1 rings (SSSR count). The van der Waals surface area contributed by atoms with Crippen molar-refractivity contribution in [2.24, 2.45) is 0 Å². The fourth-order valence-electron chi connectivity index (χ4n) is 0.872. The lowest BCUT2D eigenvalue weighted by Gasteiger charge is -2.03. The van der Waals surface area contributed by atoms with Gasteiger partial charge in [0.25, 0.3) is 0 Å². The van der Waals surface area contributed by atoms with Crippen LogP contribution in [-0.2, 0) is 0 Å². The van der Waals surface area contributed by atoms with E-state index in [1.54, 1.807) is 24.9 Å². The van der Waals surface area contributed by atoms with Crippen molar-refractivity contribution in [3.8, 4) is 0 Å². The Balaban J connectivity index is 2.71. The number of aliphatic hydroxyl groups excluding tert-OH is 1. The topological polar surface area (TPSA) is 33.1 Å². The molecule has 1 N–H and O–H groups in total. The third-order valence-corrected chi connectivity index (χ3v) is 2.36. The van der Waals surface area contributed by atoms with Gasteiger partial charge in [0.05, 0.1) is 11.1 Å². The van der Waals surface area contributed by atoms with Gasteiger partial charge in [-0.1, -0.05) is 13.0 Å². The molecule has 1 aromatic heterocycles. The third-order valence-electron chi connectivity index (χ3n) is 1.53. The zero-order valence-electron chi connectivity index (χ0n) is 7.32. The van der Waals surface area contributed by atoms with Gasteiger partial charge in [-0.2, -0.15) is 0 Å². The predicted molar refractivity (Wildman–Crippen MR) is 51.3 cm³/mol. The maximum atomic E-state index is 9.20. The van der Waals surface area contributed by atoms with Crippen LogP contribution in [-0.4, -0.2) is 15.8 Å². The average Bonchev–Trinajstić information content (AvgIpc) is 2.06. The molecular formula is C9H13NOS. The van der Waals surface area contributed by atoms with E-state index < -0.39 is 6.10 Å². The second-order valence-corrected chi connectivity index (χ2v) is 3.82. The summed E-state index contributed by atoms with van der Waals surface area (Å²) in [6, 6.07) is 3.85. The summed E-state index contributed by atoms with van der Waals surface area (Å²) in [7, 11) is 0. The molecule has 0 bridgehead atoms. The van der Waals surface area contributed by atoms with Crippen LogP contribution in [0.25, 0.3) is 0 Å². The lowest BCUT2D eigenvalue weighted by atomic mass is 10.2. The number of hydrogen-bond donors (Lipinski definition) is 1. The molecule has 0 aromatic carbocycles. The highest BCUT2D eigenvalue weighted by molar-refractivity contribution is 7.99. The van der Waals surface area contributed by atoms with Gasteiger partial charge in [-0.3, -0.25) is 0 Å².